The number of carboxylic acids is 1. The highest BCUT2D eigenvalue weighted by Gasteiger charge is 2.13. The van der Waals surface area contributed by atoms with Crippen molar-refractivity contribution in [2.75, 3.05) is 7.11 Å². The monoisotopic (exact) mass is 267 g/mol. The molecule has 0 spiro atoms. The fourth-order valence-corrected chi connectivity index (χ4v) is 2.30. The summed E-state index contributed by atoms with van der Waals surface area (Å²) >= 11 is 6.15. The second-order valence-corrected chi connectivity index (χ2v) is 4.51. The van der Waals surface area contributed by atoms with Gasteiger partial charge in [0.15, 0.2) is 0 Å². The van der Waals surface area contributed by atoms with Crippen molar-refractivity contribution in [1.82, 2.24) is 4.57 Å². The SMILES string of the molecule is COc1ccc(Cl)c2cc(CCC(=O)O)n(C)c12. The highest BCUT2D eigenvalue weighted by atomic mass is 35.5. The van der Waals surface area contributed by atoms with Crippen LogP contribution < -0.4 is 4.74 Å². The van der Waals surface area contributed by atoms with Crippen LogP contribution in [0.3, 0.4) is 0 Å². The molecule has 1 heterocycles. The number of methoxy groups -OCH3 is 1. The van der Waals surface area contributed by atoms with Gasteiger partial charge in [-0.25, -0.2) is 0 Å². The van der Waals surface area contributed by atoms with E-state index < -0.39 is 5.97 Å². The van der Waals surface area contributed by atoms with Gasteiger partial charge in [0, 0.05) is 18.1 Å². The Morgan fingerprint density at radius 1 is 1.50 bits per heavy atom. The first-order valence-corrected chi connectivity index (χ1v) is 5.95. The molecule has 0 unspecified atom stereocenters. The standard InChI is InChI=1S/C13H14ClNO3/c1-15-8(3-6-12(16)17)7-9-10(14)4-5-11(18-2)13(9)15/h4-5,7H,3,6H2,1-2H3,(H,16,17). The first-order chi connectivity index (χ1) is 8.54. The summed E-state index contributed by atoms with van der Waals surface area (Å²) in [5.74, 6) is -0.0724. The molecular weight excluding hydrogens is 254 g/mol. The number of carboxylic acid groups (broad SMARTS) is 1. The molecule has 5 heteroatoms. The third-order valence-corrected chi connectivity index (χ3v) is 3.35. The summed E-state index contributed by atoms with van der Waals surface area (Å²) in [7, 11) is 3.49. The number of halogens is 1. The average molecular weight is 268 g/mol. The van der Waals surface area contributed by atoms with Crippen LogP contribution in [0.25, 0.3) is 10.9 Å². The Labute approximate surface area is 110 Å². The van der Waals surface area contributed by atoms with E-state index in [1.807, 2.05) is 23.7 Å². The Morgan fingerprint density at radius 3 is 2.83 bits per heavy atom. The van der Waals surface area contributed by atoms with Gasteiger partial charge in [0.1, 0.15) is 5.75 Å². The number of ether oxygens (including phenoxy) is 1. The molecule has 1 N–H and O–H groups in total. The zero-order valence-electron chi connectivity index (χ0n) is 10.2. The van der Waals surface area contributed by atoms with Crippen molar-refractivity contribution in [3.8, 4) is 5.75 Å². The lowest BCUT2D eigenvalue weighted by atomic mass is 10.2. The molecule has 0 bridgehead atoms. The second-order valence-electron chi connectivity index (χ2n) is 4.10. The minimum absolute atomic E-state index is 0.101. The molecule has 0 aliphatic rings. The van der Waals surface area contributed by atoms with Crippen molar-refractivity contribution in [3.63, 3.8) is 0 Å². The van der Waals surface area contributed by atoms with Crippen LogP contribution in [0.4, 0.5) is 0 Å². The number of aromatic nitrogens is 1. The molecule has 4 nitrogen and oxygen atoms in total. The molecule has 0 radical (unpaired) electrons. The molecule has 0 saturated carbocycles. The first-order valence-electron chi connectivity index (χ1n) is 5.57. The summed E-state index contributed by atoms with van der Waals surface area (Å²) in [6, 6.07) is 5.51. The fourth-order valence-electron chi connectivity index (χ4n) is 2.09. The van der Waals surface area contributed by atoms with E-state index in [1.54, 1.807) is 13.2 Å². The van der Waals surface area contributed by atoms with Crippen molar-refractivity contribution in [2.45, 2.75) is 12.8 Å². The Bertz CT molecular complexity index is 604. The molecule has 2 rings (SSSR count). The summed E-state index contributed by atoms with van der Waals surface area (Å²) < 4.78 is 7.24. The van der Waals surface area contributed by atoms with E-state index in [4.69, 9.17) is 21.4 Å². The highest BCUT2D eigenvalue weighted by Crippen LogP contribution is 2.33. The van der Waals surface area contributed by atoms with Gasteiger partial charge in [-0.15, -0.1) is 0 Å². The van der Waals surface area contributed by atoms with Crippen LogP contribution in [-0.4, -0.2) is 22.8 Å². The number of rotatable bonds is 4. The van der Waals surface area contributed by atoms with E-state index in [9.17, 15) is 4.79 Å². The minimum atomic E-state index is -0.807. The Kier molecular flexibility index (Phi) is 3.48. The normalized spacial score (nSPS) is 10.8. The van der Waals surface area contributed by atoms with Gasteiger partial charge in [-0.3, -0.25) is 4.79 Å². The predicted octanol–water partition coefficient (Wildman–Crippen LogP) is 2.86. The van der Waals surface area contributed by atoms with E-state index in [2.05, 4.69) is 0 Å². The number of hydrogen-bond donors (Lipinski definition) is 1. The third kappa shape index (κ3) is 2.16. The second kappa shape index (κ2) is 4.90. The number of hydrogen-bond acceptors (Lipinski definition) is 2. The van der Waals surface area contributed by atoms with Crippen LogP contribution in [0.15, 0.2) is 18.2 Å². The maximum atomic E-state index is 10.6. The van der Waals surface area contributed by atoms with Crippen LogP contribution in [0, 0.1) is 0 Å². The molecule has 1 aromatic heterocycles. The van der Waals surface area contributed by atoms with Crippen LogP contribution in [0.5, 0.6) is 5.75 Å². The average Bonchev–Trinajstić information content (AvgIpc) is 2.66. The molecule has 0 aliphatic heterocycles. The lowest BCUT2D eigenvalue weighted by Gasteiger charge is -2.07. The third-order valence-electron chi connectivity index (χ3n) is 3.02. The minimum Gasteiger partial charge on any atom is -0.495 e. The van der Waals surface area contributed by atoms with Gasteiger partial charge in [0.05, 0.1) is 24.1 Å². The molecule has 2 aromatic rings. The number of carbonyl (C=O) groups is 1. The summed E-state index contributed by atoms with van der Waals surface area (Å²) in [6.45, 7) is 0. The van der Waals surface area contributed by atoms with Gasteiger partial charge >= 0.3 is 5.97 Å². The number of benzene rings is 1. The summed E-state index contributed by atoms with van der Waals surface area (Å²) in [5, 5.41) is 10.3. The molecule has 0 atom stereocenters. The van der Waals surface area contributed by atoms with Crippen molar-refractivity contribution >= 4 is 28.5 Å². The van der Waals surface area contributed by atoms with Crippen LogP contribution in [-0.2, 0) is 18.3 Å². The molecule has 0 amide bonds. The Balaban J connectivity index is 2.54. The van der Waals surface area contributed by atoms with Crippen LogP contribution in [0.1, 0.15) is 12.1 Å². The van der Waals surface area contributed by atoms with Crippen molar-refractivity contribution in [3.05, 3.63) is 28.9 Å². The first kappa shape index (κ1) is 12.8. The molecule has 0 fully saturated rings. The lowest BCUT2D eigenvalue weighted by Crippen LogP contribution is -2.02. The van der Waals surface area contributed by atoms with Gasteiger partial charge in [-0.1, -0.05) is 11.6 Å². The predicted molar refractivity (Wildman–Crippen MR) is 70.4 cm³/mol. The van der Waals surface area contributed by atoms with Crippen molar-refractivity contribution < 1.29 is 14.6 Å². The number of nitrogens with zero attached hydrogens (tertiary/aromatic N) is 1. The number of aliphatic carboxylic acids is 1. The highest BCUT2D eigenvalue weighted by molar-refractivity contribution is 6.35. The van der Waals surface area contributed by atoms with E-state index >= 15 is 0 Å². The van der Waals surface area contributed by atoms with E-state index in [1.165, 1.54) is 0 Å². The van der Waals surface area contributed by atoms with Crippen molar-refractivity contribution in [1.29, 1.82) is 0 Å². The van der Waals surface area contributed by atoms with E-state index in [-0.39, 0.29) is 6.42 Å². The summed E-state index contributed by atoms with van der Waals surface area (Å²) in [6.07, 6.45) is 0.574. The maximum Gasteiger partial charge on any atom is 0.303 e. The molecule has 0 saturated heterocycles. The van der Waals surface area contributed by atoms with E-state index in [0.29, 0.717) is 11.4 Å². The number of aryl methyl sites for hydroxylation is 2. The smallest absolute Gasteiger partial charge is 0.303 e. The molecule has 0 aliphatic carbocycles. The van der Waals surface area contributed by atoms with Crippen LogP contribution >= 0.6 is 11.6 Å². The van der Waals surface area contributed by atoms with E-state index in [0.717, 1.165) is 22.3 Å². The molecular formula is C13H14ClNO3. The quantitative estimate of drug-likeness (QED) is 0.927. The molecule has 1 aromatic carbocycles. The Morgan fingerprint density at radius 2 is 2.22 bits per heavy atom. The lowest BCUT2D eigenvalue weighted by molar-refractivity contribution is -0.136. The topological polar surface area (TPSA) is 51.5 Å². The largest absolute Gasteiger partial charge is 0.495 e. The summed E-state index contributed by atoms with van der Waals surface area (Å²) in [5.41, 5.74) is 1.82. The van der Waals surface area contributed by atoms with Gasteiger partial charge in [0.25, 0.3) is 0 Å². The van der Waals surface area contributed by atoms with Gasteiger partial charge < -0.3 is 14.4 Å². The van der Waals surface area contributed by atoms with Gasteiger partial charge in [0.2, 0.25) is 0 Å². The van der Waals surface area contributed by atoms with Crippen molar-refractivity contribution in [2.24, 2.45) is 7.05 Å². The van der Waals surface area contributed by atoms with Gasteiger partial charge in [-0.05, 0) is 24.6 Å². The Hall–Kier alpha value is -1.68. The zero-order valence-corrected chi connectivity index (χ0v) is 11.0. The molecule has 96 valence electrons. The zero-order chi connectivity index (χ0) is 13.3. The van der Waals surface area contributed by atoms with Crippen LogP contribution in [0.2, 0.25) is 5.02 Å². The number of fused-ring (bicyclic) bond motifs is 1. The fraction of sp³-hybridized carbons (Fsp3) is 0.308. The van der Waals surface area contributed by atoms with Gasteiger partial charge in [-0.2, -0.15) is 0 Å². The summed E-state index contributed by atoms with van der Waals surface area (Å²) in [4.78, 5) is 10.6. The molecule has 18 heavy (non-hydrogen) atoms. The maximum absolute atomic E-state index is 10.6.